The van der Waals surface area contributed by atoms with Crippen LogP contribution in [0.4, 0.5) is 4.39 Å². The Morgan fingerprint density at radius 3 is 2.75 bits per heavy atom. The highest BCUT2D eigenvalue weighted by atomic mass is 35.5. The van der Waals surface area contributed by atoms with Gasteiger partial charge in [0.05, 0.1) is 0 Å². The van der Waals surface area contributed by atoms with Crippen LogP contribution in [0.1, 0.15) is 18.1 Å². The molecular formula is C16H17ClFNO. The van der Waals surface area contributed by atoms with Crippen LogP contribution in [0.3, 0.4) is 0 Å². The van der Waals surface area contributed by atoms with Crippen molar-refractivity contribution in [2.24, 2.45) is 0 Å². The van der Waals surface area contributed by atoms with Crippen molar-refractivity contribution in [3.63, 3.8) is 0 Å². The molecule has 106 valence electrons. The molecule has 2 aromatic carbocycles. The maximum absolute atomic E-state index is 13.5. The Morgan fingerprint density at radius 1 is 1.20 bits per heavy atom. The summed E-state index contributed by atoms with van der Waals surface area (Å²) in [5.74, 6) is 0.215. The number of hydrogen-bond donors (Lipinski definition) is 1. The SMILES string of the molecule is CCNCc1cc(F)cc(OCc2ccccc2Cl)c1. The predicted molar refractivity (Wildman–Crippen MR) is 79.6 cm³/mol. The normalized spacial score (nSPS) is 10.6. The van der Waals surface area contributed by atoms with E-state index in [4.69, 9.17) is 16.3 Å². The lowest BCUT2D eigenvalue weighted by Crippen LogP contribution is -2.12. The molecule has 0 heterocycles. The minimum atomic E-state index is -0.297. The molecule has 4 heteroatoms. The van der Waals surface area contributed by atoms with Crippen LogP contribution in [0.5, 0.6) is 5.75 Å². The first kappa shape index (κ1) is 14.8. The van der Waals surface area contributed by atoms with Gasteiger partial charge in [0.15, 0.2) is 0 Å². The molecule has 0 aromatic heterocycles. The van der Waals surface area contributed by atoms with Crippen molar-refractivity contribution in [3.05, 3.63) is 64.4 Å². The summed E-state index contributed by atoms with van der Waals surface area (Å²) in [5.41, 5.74) is 1.74. The number of rotatable bonds is 6. The number of nitrogens with one attached hydrogen (secondary N) is 1. The average molecular weight is 294 g/mol. The van der Waals surface area contributed by atoms with Crippen LogP contribution in [0, 0.1) is 5.82 Å². The molecule has 0 fully saturated rings. The third-order valence-corrected chi connectivity index (χ3v) is 3.23. The largest absolute Gasteiger partial charge is 0.489 e. The summed E-state index contributed by atoms with van der Waals surface area (Å²) >= 11 is 6.06. The first-order valence-corrected chi connectivity index (χ1v) is 6.93. The van der Waals surface area contributed by atoms with Gasteiger partial charge >= 0.3 is 0 Å². The summed E-state index contributed by atoms with van der Waals surface area (Å²) < 4.78 is 19.1. The lowest BCUT2D eigenvalue weighted by Gasteiger charge is -2.10. The van der Waals surface area contributed by atoms with E-state index in [1.165, 1.54) is 12.1 Å². The third-order valence-electron chi connectivity index (χ3n) is 2.86. The zero-order valence-electron chi connectivity index (χ0n) is 11.3. The van der Waals surface area contributed by atoms with Crippen LogP contribution >= 0.6 is 11.6 Å². The van der Waals surface area contributed by atoms with Gasteiger partial charge in [0.1, 0.15) is 18.2 Å². The van der Waals surface area contributed by atoms with Crippen LogP contribution in [-0.2, 0) is 13.2 Å². The average Bonchev–Trinajstić information content (AvgIpc) is 2.44. The van der Waals surface area contributed by atoms with Crippen molar-refractivity contribution < 1.29 is 9.13 Å². The van der Waals surface area contributed by atoms with Crippen LogP contribution in [0.25, 0.3) is 0 Å². The fourth-order valence-corrected chi connectivity index (χ4v) is 2.04. The molecule has 0 spiro atoms. The predicted octanol–water partition coefficient (Wildman–Crippen LogP) is 4.17. The molecule has 2 aromatic rings. The highest BCUT2D eigenvalue weighted by Crippen LogP contribution is 2.20. The Kier molecular flexibility index (Phi) is 5.39. The molecule has 1 N–H and O–H groups in total. The second-order valence-electron chi connectivity index (χ2n) is 4.46. The molecule has 0 bridgehead atoms. The van der Waals surface area contributed by atoms with Crippen LogP contribution in [0.15, 0.2) is 42.5 Å². The Bertz CT molecular complexity index is 574. The summed E-state index contributed by atoms with van der Waals surface area (Å²) in [4.78, 5) is 0. The Morgan fingerprint density at radius 2 is 2.00 bits per heavy atom. The van der Waals surface area contributed by atoms with Crippen LogP contribution < -0.4 is 10.1 Å². The van der Waals surface area contributed by atoms with E-state index in [2.05, 4.69) is 5.32 Å². The van der Waals surface area contributed by atoms with Gasteiger partial charge < -0.3 is 10.1 Å². The monoisotopic (exact) mass is 293 g/mol. The van der Waals surface area contributed by atoms with Gasteiger partial charge in [-0.25, -0.2) is 4.39 Å². The van der Waals surface area contributed by atoms with Gasteiger partial charge in [-0.05, 0) is 30.3 Å². The van der Waals surface area contributed by atoms with Crippen molar-refractivity contribution in [1.82, 2.24) is 5.32 Å². The van der Waals surface area contributed by atoms with Crippen molar-refractivity contribution in [2.75, 3.05) is 6.54 Å². The maximum Gasteiger partial charge on any atom is 0.127 e. The minimum absolute atomic E-state index is 0.297. The second-order valence-corrected chi connectivity index (χ2v) is 4.86. The molecule has 0 atom stereocenters. The molecule has 0 aliphatic rings. The van der Waals surface area contributed by atoms with Gasteiger partial charge in [0.2, 0.25) is 0 Å². The number of benzene rings is 2. The molecule has 0 saturated heterocycles. The van der Waals surface area contributed by atoms with Gasteiger partial charge in [-0.1, -0.05) is 36.7 Å². The van der Waals surface area contributed by atoms with E-state index in [1.807, 2.05) is 37.3 Å². The quantitative estimate of drug-likeness (QED) is 0.863. The minimum Gasteiger partial charge on any atom is -0.489 e. The summed E-state index contributed by atoms with van der Waals surface area (Å²) in [6.07, 6.45) is 0. The van der Waals surface area contributed by atoms with Crippen LogP contribution in [0.2, 0.25) is 5.02 Å². The van der Waals surface area contributed by atoms with Crippen molar-refractivity contribution in [1.29, 1.82) is 0 Å². The first-order chi connectivity index (χ1) is 9.69. The van der Waals surface area contributed by atoms with E-state index in [-0.39, 0.29) is 5.82 Å². The fourth-order valence-electron chi connectivity index (χ4n) is 1.85. The number of halogens is 2. The van der Waals surface area contributed by atoms with E-state index < -0.39 is 0 Å². The molecule has 2 rings (SSSR count). The van der Waals surface area contributed by atoms with Crippen LogP contribution in [-0.4, -0.2) is 6.54 Å². The van der Waals surface area contributed by atoms with E-state index in [1.54, 1.807) is 0 Å². The highest BCUT2D eigenvalue weighted by molar-refractivity contribution is 6.31. The zero-order chi connectivity index (χ0) is 14.4. The van der Waals surface area contributed by atoms with Gasteiger partial charge in [-0.2, -0.15) is 0 Å². The maximum atomic E-state index is 13.5. The number of ether oxygens (including phenoxy) is 1. The zero-order valence-corrected chi connectivity index (χ0v) is 12.1. The second kappa shape index (κ2) is 7.27. The van der Waals surface area contributed by atoms with E-state index in [0.29, 0.717) is 23.9 Å². The van der Waals surface area contributed by atoms with Gasteiger partial charge in [0.25, 0.3) is 0 Å². The molecule has 0 aliphatic heterocycles. The number of hydrogen-bond acceptors (Lipinski definition) is 2. The molecule has 2 nitrogen and oxygen atoms in total. The van der Waals surface area contributed by atoms with E-state index in [0.717, 1.165) is 17.7 Å². The molecule has 0 saturated carbocycles. The van der Waals surface area contributed by atoms with Crippen molar-refractivity contribution >= 4 is 11.6 Å². The lowest BCUT2D eigenvalue weighted by molar-refractivity contribution is 0.304. The Balaban J connectivity index is 2.05. The van der Waals surface area contributed by atoms with E-state index >= 15 is 0 Å². The van der Waals surface area contributed by atoms with Crippen molar-refractivity contribution in [3.8, 4) is 5.75 Å². The van der Waals surface area contributed by atoms with Gasteiger partial charge in [-0.15, -0.1) is 0 Å². The summed E-state index contributed by atoms with van der Waals surface area (Å²) in [5, 5.41) is 3.81. The standard InChI is InChI=1S/C16H17ClFNO/c1-2-19-10-12-7-14(18)9-15(8-12)20-11-13-5-3-4-6-16(13)17/h3-9,19H,2,10-11H2,1H3. The topological polar surface area (TPSA) is 21.3 Å². The summed E-state index contributed by atoms with van der Waals surface area (Å²) in [6.45, 7) is 3.79. The molecule has 0 amide bonds. The summed E-state index contributed by atoms with van der Waals surface area (Å²) in [6, 6.07) is 12.2. The fraction of sp³-hybridized carbons (Fsp3) is 0.250. The molecular weight excluding hydrogens is 277 g/mol. The first-order valence-electron chi connectivity index (χ1n) is 6.55. The molecule has 0 aliphatic carbocycles. The molecule has 20 heavy (non-hydrogen) atoms. The van der Waals surface area contributed by atoms with E-state index in [9.17, 15) is 4.39 Å². The van der Waals surface area contributed by atoms with Crippen molar-refractivity contribution in [2.45, 2.75) is 20.1 Å². The third kappa shape index (κ3) is 4.22. The van der Waals surface area contributed by atoms with Gasteiger partial charge in [-0.3, -0.25) is 0 Å². The van der Waals surface area contributed by atoms with Gasteiger partial charge in [0, 0.05) is 23.2 Å². The Labute approximate surface area is 123 Å². The Hall–Kier alpha value is -1.58. The summed E-state index contributed by atoms with van der Waals surface area (Å²) in [7, 11) is 0. The molecule has 0 radical (unpaired) electrons. The smallest absolute Gasteiger partial charge is 0.127 e. The lowest BCUT2D eigenvalue weighted by atomic mass is 10.2. The molecule has 0 unspecified atom stereocenters. The highest BCUT2D eigenvalue weighted by Gasteiger charge is 2.04.